The van der Waals surface area contributed by atoms with Crippen molar-refractivity contribution in [3.8, 4) is 28.9 Å². The molecule has 0 atom stereocenters. The molecule has 3 aromatic heterocycles. The van der Waals surface area contributed by atoms with Gasteiger partial charge in [-0.15, -0.1) is 0 Å². The molecule has 0 N–H and O–H groups in total. The first kappa shape index (κ1) is 15.1. The van der Waals surface area contributed by atoms with E-state index < -0.39 is 0 Å². The zero-order valence-corrected chi connectivity index (χ0v) is 13.6. The Hall–Kier alpha value is -3.48. The minimum absolute atomic E-state index is 0.145. The molecule has 3 heterocycles. The number of nitrogens with zero attached hydrogens (tertiary/aromatic N) is 4. The lowest BCUT2D eigenvalue weighted by molar-refractivity contribution is 0.399. The van der Waals surface area contributed by atoms with Crippen molar-refractivity contribution in [3.63, 3.8) is 0 Å². The lowest BCUT2D eigenvalue weighted by Gasteiger charge is -2.05. The number of ether oxygens (including phenoxy) is 1. The summed E-state index contributed by atoms with van der Waals surface area (Å²) in [5, 5.41) is 4.96. The Morgan fingerprint density at radius 3 is 2.76 bits per heavy atom. The van der Waals surface area contributed by atoms with Crippen molar-refractivity contribution in [3.05, 3.63) is 58.9 Å². The van der Waals surface area contributed by atoms with Crippen LogP contribution < -0.4 is 10.3 Å². The van der Waals surface area contributed by atoms with E-state index in [1.165, 1.54) is 10.6 Å². The molecule has 0 aliphatic heterocycles. The van der Waals surface area contributed by atoms with Gasteiger partial charge in [-0.2, -0.15) is 4.98 Å². The van der Waals surface area contributed by atoms with E-state index in [9.17, 15) is 4.79 Å². The van der Waals surface area contributed by atoms with E-state index in [2.05, 4.69) is 15.1 Å². The van der Waals surface area contributed by atoms with Crippen LogP contribution >= 0.6 is 0 Å². The molecule has 0 bridgehead atoms. The molecule has 0 spiro atoms. The van der Waals surface area contributed by atoms with Crippen LogP contribution in [-0.2, 0) is 7.05 Å². The molecule has 0 radical (unpaired) electrons. The monoisotopic (exact) mass is 334 g/mol. The first-order chi connectivity index (χ1) is 12.2. The summed E-state index contributed by atoms with van der Waals surface area (Å²) < 4.78 is 12.1. The molecule has 1 aromatic carbocycles. The van der Waals surface area contributed by atoms with Crippen molar-refractivity contribution >= 4 is 10.9 Å². The van der Waals surface area contributed by atoms with Gasteiger partial charge in [0.2, 0.25) is 11.7 Å². The minimum Gasteiger partial charge on any atom is -0.481 e. The molecule has 7 heteroatoms. The molecule has 4 aromatic rings. The van der Waals surface area contributed by atoms with Crippen molar-refractivity contribution in [1.82, 2.24) is 19.7 Å². The summed E-state index contributed by atoms with van der Waals surface area (Å²) in [5.74, 6) is 1.14. The summed E-state index contributed by atoms with van der Waals surface area (Å²) >= 11 is 0. The normalized spacial score (nSPS) is 11.0. The van der Waals surface area contributed by atoms with E-state index in [1.54, 1.807) is 32.4 Å². The number of pyridine rings is 2. The molecular weight excluding hydrogens is 320 g/mol. The zero-order chi connectivity index (χ0) is 17.4. The topological polar surface area (TPSA) is 83.0 Å². The van der Waals surface area contributed by atoms with Crippen LogP contribution in [0.1, 0.15) is 0 Å². The number of fused-ring (bicyclic) bond motifs is 1. The van der Waals surface area contributed by atoms with Gasteiger partial charge in [-0.1, -0.05) is 29.4 Å². The summed E-state index contributed by atoms with van der Waals surface area (Å²) in [5.41, 5.74) is 1.93. The van der Waals surface area contributed by atoms with Gasteiger partial charge in [-0.05, 0) is 12.1 Å². The third-order valence-corrected chi connectivity index (χ3v) is 3.97. The summed E-state index contributed by atoms with van der Waals surface area (Å²) in [6.45, 7) is 0. The Kier molecular flexibility index (Phi) is 3.53. The van der Waals surface area contributed by atoms with Gasteiger partial charge in [0.15, 0.2) is 0 Å². The summed E-state index contributed by atoms with van der Waals surface area (Å²) in [7, 11) is 3.22. The number of hydrogen-bond acceptors (Lipinski definition) is 6. The van der Waals surface area contributed by atoms with E-state index in [0.29, 0.717) is 17.4 Å². The highest BCUT2D eigenvalue weighted by Crippen LogP contribution is 2.30. The lowest BCUT2D eigenvalue weighted by Crippen LogP contribution is -2.16. The van der Waals surface area contributed by atoms with Gasteiger partial charge >= 0.3 is 0 Å². The van der Waals surface area contributed by atoms with E-state index in [0.717, 1.165) is 16.5 Å². The molecule has 4 rings (SSSR count). The summed E-state index contributed by atoms with van der Waals surface area (Å²) in [4.78, 5) is 20.7. The largest absolute Gasteiger partial charge is 0.481 e. The van der Waals surface area contributed by atoms with Crippen LogP contribution in [0.3, 0.4) is 0 Å². The number of para-hydroxylation sites is 1. The smallest absolute Gasteiger partial charge is 0.274 e. The van der Waals surface area contributed by atoms with E-state index in [4.69, 9.17) is 9.26 Å². The average Bonchev–Trinajstić information content (AvgIpc) is 3.12. The maximum atomic E-state index is 11.8. The van der Waals surface area contributed by atoms with E-state index in [1.807, 2.05) is 24.3 Å². The fraction of sp³-hybridized carbons (Fsp3) is 0.111. The first-order valence-corrected chi connectivity index (χ1v) is 7.61. The van der Waals surface area contributed by atoms with Gasteiger partial charge in [0, 0.05) is 30.1 Å². The fourth-order valence-electron chi connectivity index (χ4n) is 2.66. The molecule has 124 valence electrons. The van der Waals surface area contributed by atoms with Crippen LogP contribution in [0.4, 0.5) is 0 Å². The Balaban J connectivity index is 1.90. The van der Waals surface area contributed by atoms with E-state index >= 15 is 0 Å². The van der Waals surface area contributed by atoms with Crippen LogP contribution in [0.2, 0.25) is 0 Å². The maximum absolute atomic E-state index is 11.8. The predicted molar refractivity (Wildman–Crippen MR) is 92.3 cm³/mol. The predicted octanol–water partition coefficient (Wildman–Crippen LogP) is 2.66. The molecule has 25 heavy (non-hydrogen) atoms. The number of rotatable bonds is 3. The molecule has 0 aliphatic rings. The van der Waals surface area contributed by atoms with E-state index in [-0.39, 0.29) is 11.4 Å². The molecular formula is C18H14N4O3. The van der Waals surface area contributed by atoms with Crippen LogP contribution in [0.25, 0.3) is 33.9 Å². The maximum Gasteiger partial charge on any atom is 0.274 e. The molecule has 0 saturated heterocycles. The van der Waals surface area contributed by atoms with Gasteiger partial charge in [-0.3, -0.25) is 4.79 Å². The number of methoxy groups -OCH3 is 1. The van der Waals surface area contributed by atoms with Crippen molar-refractivity contribution in [2.45, 2.75) is 0 Å². The summed E-state index contributed by atoms with van der Waals surface area (Å²) in [6.07, 6.45) is 0. The quantitative estimate of drug-likeness (QED) is 0.573. The first-order valence-electron chi connectivity index (χ1n) is 7.61. The Morgan fingerprint density at radius 2 is 1.92 bits per heavy atom. The van der Waals surface area contributed by atoms with Crippen molar-refractivity contribution in [1.29, 1.82) is 0 Å². The number of benzene rings is 1. The number of aromatic nitrogens is 4. The third-order valence-electron chi connectivity index (χ3n) is 3.97. The molecule has 0 amide bonds. The van der Waals surface area contributed by atoms with Crippen LogP contribution in [0.15, 0.2) is 57.8 Å². The van der Waals surface area contributed by atoms with Gasteiger partial charge in [0.25, 0.3) is 11.4 Å². The van der Waals surface area contributed by atoms with Gasteiger partial charge in [-0.25, -0.2) is 4.98 Å². The minimum atomic E-state index is -0.145. The highest BCUT2D eigenvalue weighted by molar-refractivity contribution is 5.93. The second-order valence-electron chi connectivity index (χ2n) is 5.46. The second-order valence-corrected chi connectivity index (χ2v) is 5.46. The lowest BCUT2D eigenvalue weighted by atomic mass is 10.1. The molecule has 0 saturated carbocycles. The number of hydrogen-bond donors (Lipinski definition) is 0. The van der Waals surface area contributed by atoms with Crippen LogP contribution in [0.5, 0.6) is 5.88 Å². The average molecular weight is 334 g/mol. The highest BCUT2D eigenvalue weighted by atomic mass is 16.5. The Morgan fingerprint density at radius 1 is 1.08 bits per heavy atom. The van der Waals surface area contributed by atoms with Crippen LogP contribution in [0, 0.1) is 0 Å². The summed E-state index contributed by atoms with van der Waals surface area (Å²) in [6, 6.07) is 14.3. The highest BCUT2D eigenvalue weighted by Gasteiger charge is 2.16. The molecule has 0 fully saturated rings. The third kappa shape index (κ3) is 2.55. The second kappa shape index (κ2) is 5.86. The standard InChI is InChI=1S/C18H14N4O3/c1-22-14(8-5-9-16(22)23)18-20-17(21-25-18)12-10-15(24-2)19-13-7-4-3-6-11(12)13/h3-10H,1-2H3. The van der Waals surface area contributed by atoms with Crippen LogP contribution in [-0.4, -0.2) is 26.8 Å². The van der Waals surface area contributed by atoms with Crippen molar-refractivity contribution in [2.75, 3.05) is 7.11 Å². The van der Waals surface area contributed by atoms with Crippen molar-refractivity contribution < 1.29 is 9.26 Å². The van der Waals surface area contributed by atoms with Crippen molar-refractivity contribution in [2.24, 2.45) is 7.05 Å². The fourth-order valence-corrected chi connectivity index (χ4v) is 2.66. The zero-order valence-electron chi connectivity index (χ0n) is 13.6. The van der Waals surface area contributed by atoms with Gasteiger partial charge in [0.1, 0.15) is 5.69 Å². The molecule has 0 aliphatic carbocycles. The molecule has 7 nitrogen and oxygen atoms in total. The molecule has 0 unspecified atom stereocenters. The van der Waals surface area contributed by atoms with Gasteiger partial charge in [0.05, 0.1) is 12.6 Å². The Bertz CT molecular complexity index is 1130. The Labute approximate surface area is 142 Å². The van der Waals surface area contributed by atoms with Gasteiger partial charge < -0.3 is 13.8 Å². The SMILES string of the molecule is COc1cc(-c2noc(-c3cccc(=O)n3C)n2)c2ccccc2n1.